The fourth-order valence-electron chi connectivity index (χ4n) is 2.07. The van der Waals surface area contributed by atoms with Crippen LogP contribution in [0.25, 0.3) is 0 Å². The number of aromatic nitrogens is 2. The van der Waals surface area contributed by atoms with E-state index in [1.165, 1.54) is 25.7 Å². The summed E-state index contributed by atoms with van der Waals surface area (Å²) in [4.78, 5) is 10.6. The van der Waals surface area contributed by atoms with Gasteiger partial charge in [0.15, 0.2) is 0 Å². The Balaban J connectivity index is 2.07. The summed E-state index contributed by atoms with van der Waals surface area (Å²) in [7, 11) is 2.05. The van der Waals surface area contributed by atoms with Gasteiger partial charge in [-0.05, 0) is 12.8 Å². The lowest BCUT2D eigenvalue weighted by atomic mass is 10.2. The third-order valence-electron chi connectivity index (χ3n) is 3.06. The minimum atomic E-state index is 0.00736. The smallest absolute Gasteiger partial charge is 0.225 e. The summed E-state index contributed by atoms with van der Waals surface area (Å²) in [5.41, 5.74) is 0.763. The van der Waals surface area contributed by atoms with E-state index in [0.29, 0.717) is 6.04 Å². The molecule has 0 saturated heterocycles. The van der Waals surface area contributed by atoms with E-state index in [2.05, 4.69) is 14.9 Å². The highest BCUT2D eigenvalue weighted by Crippen LogP contribution is 2.24. The summed E-state index contributed by atoms with van der Waals surface area (Å²) >= 11 is 0. The summed E-state index contributed by atoms with van der Waals surface area (Å²) in [6, 6.07) is 0.588. The van der Waals surface area contributed by atoms with Crippen molar-refractivity contribution in [2.24, 2.45) is 0 Å². The van der Waals surface area contributed by atoms with Gasteiger partial charge in [-0.3, -0.25) is 0 Å². The third-order valence-corrected chi connectivity index (χ3v) is 3.06. The second kappa shape index (κ2) is 4.57. The largest absolute Gasteiger partial charge is 0.392 e. The quantitative estimate of drug-likeness (QED) is 0.812. The number of aliphatic hydroxyl groups is 1. The van der Waals surface area contributed by atoms with Gasteiger partial charge in [-0.2, -0.15) is 0 Å². The zero-order valence-electron chi connectivity index (χ0n) is 9.06. The average Bonchev–Trinajstić information content (AvgIpc) is 2.82. The van der Waals surface area contributed by atoms with Crippen LogP contribution in [-0.4, -0.2) is 28.2 Å². The van der Waals surface area contributed by atoms with Gasteiger partial charge in [-0.15, -0.1) is 0 Å². The Morgan fingerprint density at radius 1 is 1.33 bits per heavy atom. The molecule has 0 amide bonds. The normalized spacial score (nSPS) is 16.9. The number of aliphatic hydroxyl groups excluding tert-OH is 1. The first-order valence-electron chi connectivity index (χ1n) is 5.46. The zero-order chi connectivity index (χ0) is 10.7. The van der Waals surface area contributed by atoms with Crippen LogP contribution < -0.4 is 4.90 Å². The molecule has 1 N–H and O–H groups in total. The molecule has 0 atom stereocenters. The molecule has 1 aliphatic carbocycles. The van der Waals surface area contributed by atoms with Crippen molar-refractivity contribution in [3.05, 3.63) is 18.0 Å². The van der Waals surface area contributed by atoms with E-state index in [1.807, 2.05) is 7.05 Å². The molecular formula is C11H17N3O. The lowest BCUT2D eigenvalue weighted by Gasteiger charge is -2.23. The predicted octanol–water partition coefficient (Wildman–Crippen LogP) is 1.35. The molecule has 0 radical (unpaired) electrons. The summed E-state index contributed by atoms with van der Waals surface area (Å²) in [6.07, 6.45) is 8.47. The van der Waals surface area contributed by atoms with Crippen LogP contribution in [0, 0.1) is 0 Å². The average molecular weight is 207 g/mol. The molecule has 1 fully saturated rings. The van der Waals surface area contributed by atoms with Crippen LogP contribution in [-0.2, 0) is 6.61 Å². The second-order valence-corrected chi connectivity index (χ2v) is 4.10. The topological polar surface area (TPSA) is 49.2 Å². The van der Waals surface area contributed by atoms with Gasteiger partial charge in [0, 0.05) is 31.0 Å². The molecule has 0 bridgehead atoms. The van der Waals surface area contributed by atoms with E-state index in [-0.39, 0.29) is 6.61 Å². The van der Waals surface area contributed by atoms with Gasteiger partial charge >= 0.3 is 0 Å². The minimum Gasteiger partial charge on any atom is -0.392 e. The first-order chi connectivity index (χ1) is 7.31. The van der Waals surface area contributed by atoms with Crippen molar-refractivity contribution in [3.8, 4) is 0 Å². The van der Waals surface area contributed by atoms with Crippen molar-refractivity contribution in [2.45, 2.75) is 38.3 Å². The number of hydrogen-bond acceptors (Lipinski definition) is 4. The van der Waals surface area contributed by atoms with E-state index in [1.54, 1.807) is 12.4 Å². The van der Waals surface area contributed by atoms with Gasteiger partial charge in [0.05, 0.1) is 6.61 Å². The molecule has 4 heteroatoms. The van der Waals surface area contributed by atoms with Crippen LogP contribution in [0.3, 0.4) is 0 Å². The first kappa shape index (κ1) is 10.4. The number of hydrogen-bond donors (Lipinski definition) is 1. The highest BCUT2D eigenvalue weighted by molar-refractivity contribution is 5.30. The monoisotopic (exact) mass is 207 g/mol. The molecule has 4 nitrogen and oxygen atoms in total. The van der Waals surface area contributed by atoms with Crippen molar-refractivity contribution >= 4 is 5.95 Å². The fourth-order valence-corrected chi connectivity index (χ4v) is 2.07. The van der Waals surface area contributed by atoms with Crippen molar-refractivity contribution in [3.63, 3.8) is 0 Å². The summed E-state index contributed by atoms with van der Waals surface area (Å²) < 4.78 is 0. The van der Waals surface area contributed by atoms with E-state index < -0.39 is 0 Å². The Bertz CT molecular complexity index is 306. The maximum Gasteiger partial charge on any atom is 0.225 e. The lowest BCUT2D eigenvalue weighted by molar-refractivity contribution is 0.281. The molecule has 2 rings (SSSR count). The van der Waals surface area contributed by atoms with Gasteiger partial charge in [-0.25, -0.2) is 9.97 Å². The molecule has 1 aliphatic rings. The molecule has 1 saturated carbocycles. The van der Waals surface area contributed by atoms with Crippen LogP contribution in [0.1, 0.15) is 31.2 Å². The highest BCUT2D eigenvalue weighted by atomic mass is 16.3. The van der Waals surface area contributed by atoms with Gasteiger partial charge in [0.2, 0.25) is 5.95 Å². The highest BCUT2D eigenvalue weighted by Gasteiger charge is 2.21. The first-order valence-corrected chi connectivity index (χ1v) is 5.46. The summed E-state index contributed by atoms with van der Waals surface area (Å²) in [5.74, 6) is 0.763. The molecule has 1 aromatic heterocycles. The van der Waals surface area contributed by atoms with Crippen LogP contribution in [0.15, 0.2) is 12.4 Å². The molecule has 15 heavy (non-hydrogen) atoms. The van der Waals surface area contributed by atoms with Crippen LogP contribution in [0.5, 0.6) is 0 Å². The Morgan fingerprint density at radius 3 is 2.47 bits per heavy atom. The standard InChI is InChI=1S/C11H17N3O/c1-14(10-4-2-3-5-10)11-12-6-9(8-15)7-13-11/h6-7,10,15H,2-5,8H2,1H3. The predicted molar refractivity (Wildman–Crippen MR) is 58.6 cm³/mol. The maximum absolute atomic E-state index is 8.89. The molecule has 1 heterocycles. The van der Waals surface area contributed by atoms with Gasteiger partial charge in [0.25, 0.3) is 0 Å². The van der Waals surface area contributed by atoms with Crippen molar-refractivity contribution in [1.29, 1.82) is 0 Å². The zero-order valence-corrected chi connectivity index (χ0v) is 9.06. The Kier molecular flexibility index (Phi) is 3.16. The van der Waals surface area contributed by atoms with Gasteiger partial charge < -0.3 is 10.0 Å². The molecule has 82 valence electrons. The van der Waals surface area contributed by atoms with Gasteiger partial charge in [-0.1, -0.05) is 12.8 Å². The van der Waals surface area contributed by atoms with E-state index in [0.717, 1.165) is 11.5 Å². The summed E-state index contributed by atoms with van der Waals surface area (Å²) in [5, 5.41) is 8.89. The molecular weight excluding hydrogens is 190 g/mol. The van der Waals surface area contributed by atoms with Crippen LogP contribution in [0.2, 0.25) is 0 Å². The van der Waals surface area contributed by atoms with Crippen molar-refractivity contribution in [2.75, 3.05) is 11.9 Å². The molecule has 0 spiro atoms. The Morgan fingerprint density at radius 2 is 1.93 bits per heavy atom. The lowest BCUT2D eigenvalue weighted by Crippen LogP contribution is -2.30. The van der Waals surface area contributed by atoms with Gasteiger partial charge in [0.1, 0.15) is 0 Å². The second-order valence-electron chi connectivity index (χ2n) is 4.10. The van der Waals surface area contributed by atoms with E-state index >= 15 is 0 Å². The number of anilines is 1. The van der Waals surface area contributed by atoms with Crippen molar-refractivity contribution < 1.29 is 5.11 Å². The molecule has 0 unspecified atom stereocenters. The maximum atomic E-state index is 8.89. The van der Waals surface area contributed by atoms with Crippen LogP contribution in [0.4, 0.5) is 5.95 Å². The fraction of sp³-hybridized carbons (Fsp3) is 0.636. The molecule has 0 aromatic carbocycles. The van der Waals surface area contributed by atoms with E-state index in [9.17, 15) is 0 Å². The molecule has 0 aliphatic heterocycles. The minimum absolute atomic E-state index is 0.00736. The number of nitrogens with zero attached hydrogens (tertiary/aromatic N) is 3. The van der Waals surface area contributed by atoms with E-state index in [4.69, 9.17) is 5.11 Å². The number of rotatable bonds is 3. The third kappa shape index (κ3) is 2.26. The Hall–Kier alpha value is -1.16. The Labute approximate surface area is 90.0 Å². The SMILES string of the molecule is CN(c1ncc(CO)cn1)C1CCCC1. The summed E-state index contributed by atoms with van der Waals surface area (Å²) in [6.45, 7) is 0.00736. The van der Waals surface area contributed by atoms with Crippen molar-refractivity contribution in [1.82, 2.24) is 9.97 Å². The van der Waals surface area contributed by atoms with Crippen LogP contribution >= 0.6 is 0 Å². The molecule has 1 aromatic rings.